The van der Waals surface area contributed by atoms with Crippen LogP contribution in [0.2, 0.25) is 0 Å². The summed E-state index contributed by atoms with van der Waals surface area (Å²) in [5.74, 6) is -0.391. The van der Waals surface area contributed by atoms with Crippen LogP contribution in [0.25, 0.3) is 0 Å². The summed E-state index contributed by atoms with van der Waals surface area (Å²) in [6, 6.07) is 7.13. The molecular weight excluding hydrogens is 206 g/mol. The molecule has 1 rings (SSSR count). The number of benzene rings is 1. The van der Waals surface area contributed by atoms with Crippen LogP contribution in [0.3, 0.4) is 0 Å². The summed E-state index contributed by atoms with van der Waals surface area (Å²) in [5, 5.41) is 8.83. The summed E-state index contributed by atoms with van der Waals surface area (Å²) < 4.78 is 5.32. The minimum atomic E-state index is -0.946. The van der Waals surface area contributed by atoms with E-state index in [2.05, 4.69) is 0 Å². The second-order valence-electron chi connectivity index (χ2n) is 3.71. The highest BCUT2D eigenvalue weighted by Crippen LogP contribution is 2.17. The molecule has 0 aliphatic rings. The largest absolute Gasteiger partial charge is 0.479 e. The Morgan fingerprint density at radius 3 is 2.38 bits per heavy atom. The van der Waals surface area contributed by atoms with E-state index in [0.717, 1.165) is 5.56 Å². The van der Waals surface area contributed by atoms with Crippen LogP contribution < -0.4 is 10.5 Å². The van der Waals surface area contributed by atoms with Crippen LogP contribution in [0.1, 0.15) is 31.9 Å². The molecule has 0 aliphatic heterocycles. The van der Waals surface area contributed by atoms with Gasteiger partial charge in [0, 0.05) is 6.04 Å². The van der Waals surface area contributed by atoms with E-state index in [1.807, 2.05) is 19.1 Å². The van der Waals surface area contributed by atoms with E-state index in [4.69, 9.17) is 15.6 Å². The molecule has 0 heterocycles. The lowest BCUT2D eigenvalue weighted by atomic mass is 10.1. The fourth-order valence-corrected chi connectivity index (χ4v) is 1.32. The minimum absolute atomic E-state index is 0.0319. The zero-order chi connectivity index (χ0) is 12.1. The number of carboxylic acid groups (broad SMARTS) is 1. The number of hydrogen-bond donors (Lipinski definition) is 2. The number of carboxylic acids is 1. The van der Waals surface area contributed by atoms with Crippen LogP contribution >= 0.6 is 0 Å². The van der Waals surface area contributed by atoms with Crippen LogP contribution in [0, 0.1) is 0 Å². The van der Waals surface area contributed by atoms with Crippen molar-refractivity contribution in [1.82, 2.24) is 0 Å². The van der Waals surface area contributed by atoms with E-state index in [-0.39, 0.29) is 6.04 Å². The molecule has 0 bridgehead atoms. The van der Waals surface area contributed by atoms with Gasteiger partial charge < -0.3 is 15.6 Å². The maximum Gasteiger partial charge on any atom is 0.344 e. The second kappa shape index (κ2) is 5.51. The van der Waals surface area contributed by atoms with Gasteiger partial charge in [-0.25, -0.2) is 4.79 Å². The summed E-state index contributed by atoms with van der Waals surface area (Å²) in [7, 11) is 0. The molecule has 1 aromatic carbocycles. The van der Waals surface area contributed by atoms with Gasteiger partial charge in [-0.2, -0.15) is 0 Å². The van der Waals surface area contributed by atoms with E-state index in [1.54, 1.807) is 19.1 Å². The first kappa shape index (κ1) is 12.5. The molecule has 0 aromatic heterocycles. The van der Waals surface area contributed by atoms with Gasteiger partial charge in [-0.05, 0) is 31.0 Å². The molecule has 3 N–H and O–H groups in total. The van der Waals surface area contributed by atoms with Crippen molar-refractivity contribution in [2.45, 2.75) is 32.4 Å². The maximum absolute atomic E-state index is 10.8. The fraction of sp³-hybridized carbons (Fsp3) is 0.417. The molecule has 4 heteroatoms. The first-order chi connectivity index (χ1) is 7.54. The van der Waals surface area contributed by atoms with Gasteiger partial charge in [0.25, 0.3) is 0 Å². The topological polar surface area (TPSA) is 72.5 Å². The van der Waals surface area contributed by atoms with E-state index in [9.17, 15) is 4.79 Å². The quantitative estimate of drug-likeness (QED) is 0.800. The van der Waals surface area contributed by atoms with Crippen molar-refractivity contribution >= 4 is 5.97 Å². The van der Waals surface area contributed by atoms with E-state index >= 15 is 0 Å². The molecule has 1 aromatic rings. The molecule has 0 radical (unpaired) electrons. The molecule has 16 heavy (non-hydrogen) atoms. The molecular formula is C12H17NO3. The molecule has 0 amide bonds. The molecule has 2 unspecified atom stereocenters. The van der Waals surface area contributed by atoms with Gasteiger partial charge in [-0.1, -0.05) is 19.1 Å². The van der Waals surface area contributed by atoms with Gasteiger partial charge in [0.2, 0.25) is 0 Å². The number of carbonyl (C=O) groups is 1. The Labute approximate surface area is 95.0 Å². The third kappa shape index (κ3) is 3.24. The third-order valence-corrected chi connectivity index (χ3v) is 2.33. The van der Waals surface area contributed by atoms with Crippen molar-refractivity contribution in [3.05, 3.63) is 29.8 Å². The normalized spacial score (nSPS) is 14.2. The summed E-state index contributed by atoms with van der Waals surface area (Å²) >= 11 is 0. The van der Waals surface area contributed by atoms with Crippen LogP contribution in [-0.2, 0) is 4.79 Å². The second-order valence-corrected chi connectivity index (χ2v) is 3.71. The zero-order valence-corrected chi connectivity index (χ0v) is 9.51. The molecule has 0 saturated heterocycles. The van der Waals surface area contributed by atoms with Gasteiger partial charge in [-0.15, -0.1) is 0 Å². The Hall–Kier alpha value is -1.55. The van der Waals surface area contributed by atoms with Crippen LogP contribution in [0.4, 0.5) is 0 Å². The summed E-state index contributed by atoms with van der Waals surface area (Å²) in [6.45, 7) is 3.66. The molecule has 88 valence electrons. The number of nitrogens with two attached hydrogens (primary N) is 1. The van der Waals surface area contributed by atoms with Crippen LogP contribution in [0.5, 0.6) is 5.75 Å². The number of hydrogen-bond acceptors (Lipinski definition) is 3. The monoisotopic (exact) mass is 223 g/mol. The van der Waals surface area contributed by atoms with Gasteiger partial charge in [0.1, 0.15) is 5.75 Å². The van der Waals surface area contributed by atoms with Crippen molar-refractivity contribution in [2.24, 2.45) is 5.73 Å². The van der Waals surface area contributed by atoms with Crippen molar-refractivity contribution in [3.63, 3.8) is 0 Å². The zero-order valence-electron chi connectivity index (χ0n) is 9.51. The summed E-state index contributed by atoms with van der Waals surface area (Å²) in [4.78, 5) is 10.8. The number of aliphatic carboxylic acids is 1. The third-order valence-electron chi connectivity index (χ3n) is 2.33. The van der Waals surface area contributed by atoms with Crippen molar-refractivity contribution in [1.29, 1.82) is 0 Å². The predicted molar refractivity (Wildman–Crippen MR) is 61.4 cm³/mol. The van der Waals surface area contributed by atoms with Gasteiger partial charge >= 0.3 is 5.97 Å². The lowest BCUT2D eigenvalue weighted by molar-refractivity contribution is -0.145. The molecule has 0 fully saturated rings. The lowest BCUT2D eigenvalue weighted by Gasteiger charge is -2.13. The average Bonchev–Trinajstić information content (AvgIpc) is 2.26. The molecule has 4 nitrogen and oxygen atoms in total. The molecule has 0 saturated carbocycles. The highest BCUT2D eigenvalue weighted by molar-refractivity contribution is 5.72. The van der Waals surface area contributed by atoms with Crippen molar-refractivity contribution in [3.8, 4) is 5.75 Å². The van der Waals surface area contributed by atoms with E-state index in [1.165, 1.54) is 0 Å². The van der Waals surface area contributed by atoms with E-state index < -0.39 is 12.1 Å². The van der Waals surface area contributed by atoms with Crippen LogP contribution in [-0.4, -0.2) is 17.2 Å². The average molecular weight is 223 g/mol. The Kier molecular flexibility index (Phi) is 4.31. The Balaban J connectivity index is 2.71. The predicted octanol–water partition coefficient (Wildman–Crippen LogP) is 1.95. The Morgan fingerprint density at radius 2 is 2.00 bits per heavy atom. The summed E-state index contributed by atoms with van der Waals surface area (Å²) in [5.41, 5.74) is 6.70. The fourth-order valence-electron chi connectivity index (χ4n) is 1.32. The van der Waals surface area contributed by atoms with Gasteiger partial charge in [0.15, 0.2) is 6.10 Å². The maximum atomic E-state index is 10.8. The molecule has 2 atom stereocenters. The summed E-state index contributed by atoms with van der Waals surface area (Å²) in [6.07, 6.45) is -0.356. The molecule has 0 spiro atoms. The van der Waals surface area contributed by atoms with Gasteiger partial charge in [0.05, 0.1) is 0 Å². The lowest BCUT2D eigenvalue weighted by Crippen LogP contribution is -2.25. The van der Waals surface area contributed by atoms with Crippen LogP contribution in [0.15, 0.2) is 24.3 Å². The SMILES string of the molecule is CCC(Oc1ccc(C(C)N)cc1)C(=O)O. The smallest absolute Gasteiger partial charge is 0.344 e. The Morgan fingerprint density at radius 1 is 1.44 bits per heavy atom. The standard InChI is InChI=1S/C12H17NO3/c1-3-11(12(14)15)16-10-6-4-9(5-7-10)8(2)13/h4-8,11H,3,13H2,1-2H3,(H,14,15). The first-order valence-corrected chi connectivity index (χ1v) is 5.29. The van der Waals surface area contributed by atoms with Gasteiger partial charge in [-0.3, -0.25) is 0 Å². The number of ether oxygens (including phenoxy) is 1. The minimum Gasteiger partial charge on any atom is -0.479 e. The number of rotatable bonds is 5. The van der Waals surface area contributed by atoms with Crippen molar-refractivity contribution in [2.75, 3.05) is 0 Å². The van der Waals surface area contributed by atoms with E-state index in [0.29, 0.717) is 12.2 Å². The van der Waals surface area contributed by atoms with Crippen molar-refractivity contribution < 1.29 is 14.6 Å². The molecule has 0 aliphatic carbocycles. The Bertz CT molecular complexity index is 346. The highest BCUT2D eigenvalue weighted by Gasteiger charge is 2.16. The first-order valence-electron chi connectivity index (χ1n) is 5.29. The highest BCUT2D eigenvalue weighted by atomic mass is 16.5.